The van der Waals surface area contributed by atoms with Gasteiger partial charge in [0.15, 0.2) is 0 Å². The molecule has 13 heavy (non-hydrogen) atoms. The lowest BCUT2D eigenvalue weighted by atomic mass is 10.0. The fourth-order valence-electron chi connectivity index (χ4n) is 0.755. The molecule has 0 rings (SSSR count). The van der Waals surface area contributed by atoms with Crippen molar-refractivity contribution in [2.75, 3.05) is 0 Å². The van der Waals surface area contributed by atoms with Crippen LogP contribution in [0, 0.1) is 5.92 Å². The molecule has 0 saturated carbocycles. The van der Waals surface area contributed by atoms with Crippen LogP contribution in [0.1, 0.15) is 13.8 Å². The summed E-state index contributed by atoms with van der Waals surface area (Å²) in [6.07, 6.45) is 0.936. The predicted molar refractivity (Wildman–Crippen MR) is 46.0 cm³/mol. The second kappa shape index (κ2) is 4.46. The van der Waals surface area contributed by atoms with Crippen LogP contribution in [0.25, 0.3) is 0 Å². The van der Waals surface area contributed by atoms with E-state index in [-0.39, 0.29) is 0 Å². The highest BCUT2D eigenvalue weighted by Crippen LogP contribution is 2.36. The first-order chi connectivity index (χ1) is 5.74. The Bertz CT molecular complexity index is 273. The van der Waals surface area contributed by atoms with E-state index in [1.807, 2.05) is 0 Å². The summed E-state index contributed by atoms with van der Waals surface area (Å²) in [6, 6.07) is 0. The van der Waals surface area contributed by atoms with Crippen molar-refractivity contribution in [3.05, 3.63) is 11.9 Å². The molecule has 6 heteroatoms. The molecule has 2 N–H and O–H groups in total. The molecule has 0 spiro atoms. The van der Waals surface area contributed by atoms with Gasteiger partial charge in [-0.05, 0) is 13.8 Å². The Morgan fingerprint density at radius 2 is 1.62 bits per heavy atom. The van der Waals surface area contributed by atoms with Gasteiger partial charge in [0, 0.05) is 5.82 Å². The van der Waals surface area contributed by atoms with Crippen LogP contribution in [0.5, 0.6) is 0 Å². The average molecular weight is 206 g/mol. The average Bonchev–Trinajstić information content (AvgIpc) is 1.82. The summed E-state index contributed by atoms with van der Waals surface area (Å²) in [5, 5.41) is 0. The fraction of sp³-hybridized carbons (Fsp3) is 0.429. The SMILES string of the molecule is CC(=O)C(C=CP(=O)(O)O)C(C)=O. The van der Waals surface area contributed by atoms with E-state index in [4.69, 9.17) is 9.79 Å². The molecule has 0 aliphatic carbocycles. The molecular weight excluding hydrogens is 195 g/mol. The summed E-state index contributed by atoms with van der Waals surface area (Å²) in [5.41, 5.74) is 0. The van der Waals surface area contributed by atoms with E-state index in [0.717, 1.165) is 6.08 Å². The van der Waals surface area contributed by atoms with Gasteiger partial charge in [-0.3, -0.25) is 14.2 Å². The molecule has 0 aromatic heterocycles. The molecule has 0 aliphatic rings. The molecule has 0 unspecified atom stereocenters. The van der Waals surface area contributed by atoms with Gasteiger partial charge in [0.05, 0.1) is 5.92 Å². The van der Waals surface area contributed by atoms with Crippen molar-refractivity contribution >= 4 is 19.2 Å². The van der Waals surface area contributed by atoms with E-state index in [2.05, 4.69) is 0 Å². The smallest absolute Gasteiger partial charge is 0.321 e. The van der Waals surface area contributed by atoms with Crippen molar-refractivity contribution in [1.82, 2.24) is 0 Å². The molecule has 0 bridgehead atoms. The van der Waals surface area contributed by atoms with Crippen LogP contribution in [0.2, 0.25) is 0 Å². The zero-order valence-corrected chi connectivity index (χ0v) is 8.19. The van der Waals surface area contributed by atoms with Crippen molar-refractivity contribution in [2.45, 2.75) is 13.8 Å². The minimum atomic E-state index is -4.28. The van der Waals surface area contributed by atoms with Gasteiger partial charge in [-0.15, -0.1) is 0 Å². The lowest BCUT2D eigenvalue weighted by Crippen LogP contribution is -2.16. The maximum absolute atomic E-state index is 10.8. The van der Waals surface area contributed by atoms with Crippen molar-refractivity contribution in [1.29, 1.82) is 0 Å². The zero-order chi connectivity index (χ0) is 10.6. The summed E-state index contributed by atoms with van der Waals surface area (Å²) >= 11 is 0. The van der Waals surface area contributed by atoms with E-state index in [9.17, 15) is 14.2 Å². The second-order valence-corrected chi connectivity index (χ2v) is 4.11. The Balaban J connectivity index is 4.64. The molecule has 74 valence electrons. The van der Waals surface area contributed by atoms with Crippen molar-refractivity contribution in [3.8, 4) is 0 Å². The minimum absolute atomic E-state index is 0.433. The third-order valence-electron chi connectivity index (χ3n) is 1.35. The standard InChI is InChI=1S/C7H11O5P/c1-5(8)7(6(2)9)3-4-13(10,11)12/h3-4,7H,1-2H3,(H2,10,11,12). The molecule has 0 aliphatic heterocycles. The van der Waals surface area contributed by atoms with Crippen LogP contribution < -0.4 is 0 Å². The van der Waals surface area contributed by atoms with Gasteiger partial charge in [-0.2, -0.15) is 0 Å². The largest absolute Gasteiger partial charge is 0.348 e. The molecule has 0 atom stereocenters. The Morgan fingerprint density at radius 1 is 1.23 bits per heavy atom. The first-order valence-corrected chi connectivity index (χ1v) is 5.17. The summed E-state index contributed by atoms with van der Waals surface area (Å²) in [7, 11) is -4.28. The van der Waals surface area contributed by atoms with Gasteiger partial charge in [-0.1, -0.05) is 6.08 Å². The van der Waals surface area contributed by atoms with Crippen molar-refractivity contribution in [3.63, 3.8) is 0 Å². The van der Waals surface area contributed by atoms with E-state index in [0.29, 0.717) is 5.82 Å². The van der Waals surface area contributed by atoms with Crippen molar-refractivity contribution < 1.29 is 23.9 Å². The minimum Gasteiger partial charge on any atom is -0.321 e. The zero-order valence-electron chi connectivity index (χ0n) is 7.30. The topological polar surface area (TPSA) is 91.7 Å². The molecule has 5 nitrogen and oxygen atoms in total. The number of rotatable bonds is 4. The van der Waals surface area contributed by atoms with Gasteiger partial charge < -0.3 is 9.79 Å². The van der Waals surface area contributed by atoms with E-state index >= 15 is 0 Å². The number of carbonyl (C=O) groups excluding carboxylic acids is 2. The summed E-state index contributed by atoms with van der Waals surface area (Å²) < 4.78 is 10.4. The maximum Gasteiger partial charge on any atom is 0.348 e. The highest BCUT2D eigenvalue weighted by Gasteiger charge is 2.17. The molecule has 0 aromatic carbocycles. The van der Waals surface area contributed by atoms with E-state index in [1.165, 1.54) is 13.8 Å². The first-order valence-electron chi connectivity index (χ1n) is 3.49. The summed E-state index contributed by atoms with van der Waals surface area (Å²) in [4.78, 5) is 38.4. The van der Waals surface area contributed by atoms with Gasteiger partial charge in [0.1, 0.15) is 11.6 Å². The highest BCUT2D eigenvalue weighted by atomic mass is 31.2. The molecule has 0 amide bonds. The number of carbonyl (C=O) groups is 2. The molecular formula is C7H11O5P. The number of hydrogen-bond acceptors (Lipinski definition) is 3. The van der Waals surface area contributed by atoms with Crippen molar-refractivity contribution in [2.24, 2.45) is 5.92 Å². The Labute approximate surface area is 75.6 Å². The van der Waals surface area contributed by atoms with Crippen LogP contribution in [0.4, 0.5) is 0 Å². The van der Waals surface area contributed by atoms with E-state index in [1.54, 1.807) is 0 Å². The third kappa shape index (κ3) is 5.47. The van der Waals surface area contributed by atoms with E-state index < -0.39 is 25.1 Å². The summed E-state index contributed by atoms with van der Waals surface area (Å²) in [6.45, 7) is 2.38. The molecule has 0 heterocycles. The number of hydrogen-bond donors (Lipinski definition) is 2. The van der Waals surface area contributed by atoms with Crippen LogP contribution in [0.3, 0.4) is 0 Å². The van der Waals surface area contributed by atoms with Crippen LogP contribution in [0.15, 0.2) is 11.9 Å². The lowest BCUT2D eigenvalue weighted by Gasteiger charge is -2.03. The molecule has 0 radical (unpaired) electrons. The quantitative estimate of drug-likeness (QED) is 0.515. The Kier molecular flexibility index (Phi) is 4.20. The number of allylic oxidation sites excluding steroid dienone is 1. The second-order valence-electron chi connectivity index (χ2n) is 2.63. The molecule has 0 aromatic rings. The molecule has 0 saturated heterocycles. The number of Topliss-reactive ketones (excluding diaryl/α,β-unsaturated/α-hetero) is 2. The monoisotopic (exact) mass is 206 g/mol. The number of ketones is 2. The van der Waals surface area contributed by atoms with Crippen LogP contribution in [-0.2, 0) is 14.2 Å². The maximum atomic E-state index is 10.8. The lowest BCUT2D eigenvalue weighted by molar-refractivity contribution is -0.128. The predicted octanol–water partition coefficient (Wildman–Crippen LogP) is 0.472. The fourth-order valence-corrected chi connectivity index (χ4v) is 1.15. The van der Waals surface area contributed by atoms with Gasteiger partial charge in [0.2, 0.25) is 0 Å². The normalized spacial score (nSPS) is 12.4. The van der Waals surface area contributed by atoms with Crippen LogP contribution in [-0.4, -0.2) is 21.4 Å². The Hall–Kier alpha value is -0.770. The summed E-state index contributed by atoms with van der Waals surface area (Å²) in [5.74, 6) is -1.34. The van der Waals surface area contributed by atoms with Gasteiger partial charge in [0.25, 0.3) is 0 Å². The Morgan fingerprint density at radius 3 is 1.85 bits per heavy atom. The van der Waals surface area contributed by atoms with Gasteiger partial charge in [-0.25, -0.2) is 0 Å². The molecule has 0 fully saturated rings. The third-order valence-corrected chi connectivity index (χ3v) is 1.91. The van der Waals surface area contributed by atoms with Crippen LogP contribution >= 0.6 is 7.60 Å². The highest BCUT2D eigenvalue weighted by molar-refractivity contribution is 7.55. The van der Waals surface area contributed by atoms with Gasteiger partial charge >= 0.3 is 7.60 Å². The first kappa shape index (κ1) is 12.2.